The average molecular weight is 319 g/mol. The minimum absolute atomic E-state index is 0.213. The summed E-state index contributed by atoms with van der Waals surface area (Å²) in [6.07, 6.45) is 4.70. The van der Waals surface area contributed by atoms with E-state index >= 15 is 0 Å². The number of halogens is 1. The normalized spacial score (nSPS) is 17.3. The van der Waals surface area contributed by atoms with Crippen molar-refractivity contribution in [3.63, 3.8) is 0 Å². The van der Waals surface area contributed by atoms with Crippen molar-refractivity contribution in [3.8, 4) is 0 Å². The van der Waals surface area contributed by atoms with Gasteiger partial charge in [-0.25, -0.2) is 10.2 Å². The van der Waals surface area contributed by atoms with Gasteiger partial charge in [0.05, 0.1) is 5.54 Å². The Morgan fingerprint density at radius 3 is 2.74 bits per heavy atom. The lowest BCUT2D eigenvalue weighted by molar-refractivity contribution is -0.122. The first kappa shape index (κ1) is 17.5. The van der Waals surface area contributed by atoms with Crippen LogP contribution in [0.1, 0.15) is 52.5 Å². The van der Waals surface area contributed by atoms with E-state index in [0.717, 1.165) is 29.7 Å². The number of hydrogen-bond acceptors (Lipinski definition) is 3. The third-order valence-electron chi connectivity index (χ3n) is 4.42. The number of allylic oxidation sites excluding steroid dienone is 1. The van der Waals surface area contributed by atoms with E-state index in [1.54, 1.807) is 6.07 Å². The van der Waals surface area contributed by atoms with Crippen LogP contribution in [-0.2, 0) is 4.79 Å². The van der Waals surface area contributed by atoms with Crippen molar-refractivity contribution in [2.45, 2.75) is 58.5 Å². The topological polar surface area (TPSA) is 58.4 Å². The number of fused-ring (bicyclic) bond motifs is 1. The molecule has 0 radical (unpaired) electrons. The van der Waals surface area contributed by atoms with Gasteiger partial charge in [0.15, 0.2) is 0 Å². The Bertz CT molecular complexity index is 625. The number of hydrogen-bond donors (Lipinski definition) is 2. The van der Waals surface area contributed by atoms with Crippen molar-refractivity contribution in [2.24, 2.45) is 5.84 Å². The van der Waals surface area contributed by atoms with Crippen molar-refractivity contribution >= 4 is 17.2 Å². The fourth-order valence-electron chi connectivity index (χ4n) is 3.46. The van der Waals surface area contributed by atoms with E-state index in [4.69, 9.17) is 5.84 Å². The summed E-state index contributed by atoms with van der Waals surface area (Å²) in [7, 11) is 0. The standard InChI is InChI=1S/C18H26FN3O/c1-5-6-7-16(17(23)21-20)22-15-9-8-13(19)10-14(15)12(2)11-18(22,3)4/h8-11,16H,5-7,20H2,1-4H3,(H,21,23)/t16-/m0/s1. The summed E-state index contributed by atoms with van der Waals surface area (Å²) in [4.78, 5) is 14.5. The van der Waals surface area contributed by atoms with E-state index in [9.17, 15) is 9.18 Å². The number of amides is 1. The zero-order valence-corrected chi connectivity index (χ0v) is 14.3. The van der Waals surface area contributed by atoms with Gasteiger partial charge in [0.1, 0.15) is 11.9 Å². The predicted molar refractivity (Wildman–Crippen MR) is 92.3 cm³/mol. The van der Waals surface area contributed by atoms with Gasteiger partial charge in [0.2, 0.25) is 0 Å². The fraction of sp³-hybridized carbons (Fsp3) is 0.500. The number of carbonyl (C=O) groups excluding carboxylic acids is 1. The van der Waals surface area contributed by atoms with Crippen LogP contribution in [0.15, 0.2) is 24.3 Å². The monoisotopic (exact) mass is 319 g/mol. The molecule has 0 fully saturated rings. The van der Waals surface area contributed by atoms with Crippen LogP contribution in [0.5, 0.6) is 0 Å². The molecule has 3 N–H and O–H groups in total. The van der Waals surface area contributed by atoms with Gasteiger partial charge < -0.3 is 4.90 Å². The molecule has 0 saturated carbocycles. The Kier molecular flexibility index (Phi) is 5.09. The van der Waals surface area contributed by atoms with Gasteiger partial charge in [-0.1, -0.05) is 25.8 Å². The molecule has 0 bridgehead atoms. The van der Waals surface area contributed by atoms with Gasteiger partial charge in [-0.05, 0) is 51.0 Å². The quantitative estimate of drug-likeness (QED) is 0.497. The zero-order chi connectivity index (χ0) is 17.2. The van der Waals surface area contributed by atoms with Crippen LogP contribution in [-0.4, -0.2) is 17.5 Å². The number of nitrogens with one attached hydrogen (secondary N) is 1. The Labute approximate surface area is 137 Å². The molecule has 1 atom stereocenters. The molecule has 1 aliphatic rings. The molecule has 1 aliphatic heterocycles. The van der Waals surface area contributed by atoms with Crippen LogP contribution in [0.3, 0.4) is 0 Å². The smallest absolute Gasteiger partial charge is 0.256 e. The molecule has 1 amide bonds. The number of benzene rings is 1. The summed E-state index contributed by atoms with van der Waals surface area (Å²) in [5.41, 5.74) is 4.65. The van der Waals surface area contributed by atoms with E-state index in [-0.39, 0.29) is 23.3 Å². The summed E-state index contributed by atoms with van der Waals surface area (Å²) in [6, 6.07) is 4.34. The zero-order valence-electron chi connectivity index (χ0n) is 14.3. The molecule has 1 aromatic rings. The second kappa shape index (κ2) is 6.71. The largest absolute Gasteiger partial charge is 0.350 e. The summed E-state index contributed by atoms with van der Waals surface area (Å²) >= 11 is 0. The van der Waals surface area contributed by atoms with Crippen molar-refractivity contribution in [1.29, 1.82) is 0 Å². The first-order valence-corrected chi connectivity index (χ1v) is 8.11. The van der Waals surface area contributed by atoms with Gasteiger partial charge in [-0.15, -0.1) is 0 Å². The minimum atomic E-state index is -0.386. The molecule has 4 nitrogen and oxygen atoms in total. The highest BCUT2D eigenvalue weighted by Crippen LogP contribution is 2.41. The fourth-order valence-corrected chi connectivity index (χ4v) is 3.46. The summed E-state index contributed by atoms with van der Waals surface area (Å²) in [5.74, 6) is 4.92. The first-order valence-electron chi connectivity index (χ1n) is 8.11. The molecule has 1 aromatic carbocycles. The third kappa shape index (κ3) is 3.39. The number of carbonyl (C=O) groups is 1. The molecule has 2 rings (SSSR count). The maximum absolute atomic E-state index is 13.7. The number of anilines is 1. The van der Waals surface area contributed by atoms with E-state index in [0.29, 0.717) is 6.42 Å². The van der Waals surface area contributed by atoms with E-state index in [1.807, 2.05) is 6.92 Å². The summed E-state index contributed by atoms with van der Waals surface area (Å²) < 4.78 is 13.7. The molecular formula is C18H26FN3O. The van der Waals surface area contributed by atoms with Gasteiger partial charge in [-0.2, -0.15) is 0 Å². The van der Waals surface area contributed by atoms with Crippen molar-refractivity contribution in [2.75, 3.05) is 4.90 Å². The second-order valence-corrected chi connectivity index (χ2v) is 6.68. The maximum atomic E-state index is 13.7. The molecule has 5 heteroatoms. The number of unbranched alkanes of at least 4 members (excludes halogenated alkanes) is 1. The number of nitrogens with two attached hydrogens (primary N) is 1. The minimum Gasteiger partial charge on any atom is -0.350 e. The van der Waals surface area contributed by atoms with Crippen LogP contribution >= 0.6 is 0 Å². The van der Waals surface area contributed by atoms with Gasteiger partial charge in [-0.3, -0.25) is 10.2 Å². The van der Waals surface area contributed by atoms with Crippen molar-refractivity contribution < 1.29 is 9.18 Å². The average Bonchev–Trinajstić information content (AvgIpc) is 2.49. The lowest BCUT2D eigenvalue weighted by Gasteiger charge is -2.47. The maximum Gasteiger partial charge on any atom is 0.256 e. The predicted octanol–water partition coefficient (Wildman–Crippen LogP) is 3.38. The molecule has 0 aromatic heterocycles. The summed E-state index contributed by atoms with van der Waals surface area (Å²) in [5, 5.41) is 0. The number of nitrogens with zero attached hydrogens (tertiary/aromatic N) is 1. The highest BCUT2D eigenvalue weighted by Gasteiger charge is 2.38. The second-order valence-electron chi connectivity index (χ2n) is 6.68. The van der Waals surface area contributed by atoms with Gasteiger partial charge in [0, 0.05) is 11.3 Å². The van der Waals surface area contributed by atoms with E-state index in [1.165, 1.54) is 12.1 Å². The van der Waals surface area contributed by atoms with Crippen molar-refractivity contribution in [1.82, 2.24) is 5.43 Å². The van der Waals surface area contributed by atoms with Crippen LogP contribution in [0.2, 0.25) is 0 Å². The Morgan fingerprint density at radius 2 is 2.13 bits per heavy atom. The molecule has 0 spiro atoms. The number of hydrazine groups is 1. The van der Waals surface area contributed by atoms with Crippen LogP contribution < -0.4 is 16.2 Å². The lowest BCUT2D eigenvalue weighted by atomic mass is 9.86. The Balaban J connectivity index is 2.55. The molecular weight excluding hydrogens is 293 g/mol. The molecule has 126 valence electrons. The molecule has 23 heavy (non-hydrogen) atoms. The van der Waals surface area contributed by atoms with E-state index in [2.05, 4.69) is 37.2 Å². The van der Waals surface area contributed by atoms with Gasteiger partial charge in [0.25, 0.3) is 5.91 Å². The third-order valence-corrected chi connectivity index (χ3v) is 4.42. The molecule has 0 aliphatic carbocycles. The highest BCUT2D eigenvalue weighted by molar-refractivity contribution is 5.89. The van der Waals surface area contributed by atoms with Crippen LogP contribution in [0, 0.1) is 5.82 Å². The van der Waals surface area contributed by atoms with Crippen LogP contribution in [0.25, 0.3) is 5.57 Å². The first-order chi connectivity index (χ1) is 10.8. The lowest BCUT2D eigenvalue weighted by Crippen LogP contribution is -2.57. The molecule has 0 unspecified atom stereocenters. The molecule has 1 heterocycles. The Morgan fingerprint density at radius 1 is 1.43 bits per heavy atom. The van der Waals surface area contributed by atoms with E-state index < -0.39 is 0 Å². The van der Waals surface area contributed by atoms with Gasteiger partial charge >= 0.3 is 0 Å². The Hall–Kier alpha value is -1.88. The van der Waals surface area contributed by atoms with Crippen LogP contribution in [0.4, 0.5) is 10.1 Å². The number of rotatable bonds is 5. The SMILES string of the molecule is CCCC[C@@H](C(=O)NN)N1c2ccc(F)cc2C(C)=CC1(C)C. The summed E-state index contributed by atoms with van der Waals surface area (Å²) in [6.45, 7) is 8.19. The van der Waals surface area contributed by atoms with Crippen molar-refractivity contribution in [3.05, 3.63) is 35.7 Å². The highest BCUT2D eigenvalue weighted by atomic mass is 19.1. The molecule has 0 saturated heterocycles.